The monoisotopic (exact) mass is 569 g/mol. The molecular formula is C28H28ClN3O6S. The smallest absolute Gasteiger partial charge is 0.340 e. The highest BCUT2D eigenvalue weighted by molar-refractivity contribution is 7.99. The number of esters is 1. The number of benzene rings is 3. The Morgan fingerprint density at radius 3 is 2.51 bits per heavy atom. The Bertz CT molecular complexity index is 1370. The highest BCUT2D eigenvalue weighted by Crippen LogP contribution is 2.47. The Morgan fingerprint density at radius 2 is 1.87 bits per heavy atom. The second-order valence-electron chi connectivity index (χ2n) is 8.91. The molecule has 39 heavy (non-hydrogen) atoms. The van der Waals surface area contributed by atoms with Crippen LogP contribution in [0.4, 0.5) is 11.4 Å². The number of methoxy groups -OCH3 is 1. The van der Waals surface area contributed by atoms with E-state index in [-0.39, 0.29) is 22.2 Å². The average Bonchev–Trinajstić information content (AvgIpc) is 3.05. The molecule has 3 aromatic rings. The van der Waals surface area contributed by atoms with Crippen molar-refractivity contribution in [1.29, 1.82) is 0 Å². The largest absolute Gasteiger partial charge is 0.497 e. The van der Waals surface area contributed by atoms with Crippen molar-refractivity contribution in [2.75, 3.05) is 38.7 Å². The van der Waals surface area contributed by atoms with Crippen LogP contribution in [0.3, 0.4) is 0 Å². The Hall–Kier alpha value is -3.60. The van der Waals surface area contributed by atoms with Gasteiger partial charge in [0, 0.05) is 30.1 Å². The number of rotatable bonds is 9. The molecule has 0 unspecified atom stereocenters. The summed E-state index contributed by atoms with van der Waals surface area (Å²) in [5.74, 6) is -0.562. The highest BCUT2D eigenvalue weighted by Gasteiger charge is 2.41. The Balaban J connectivity index is 1.76. The molecule has 0 saturated carbocycles. The second-order valence-corrected chi connectivity index (χ2v) is 10.5. The van der Waals surface area contributed by atoms with Crippen molar-refractivity contribution < 1.29 is 24.0 Å². The molecule has 0 aliphatic carbocycles. The number of fused-ring (bicyclic) bond motifs is 1. The number of nitro benzene ring substituents is 1. The normalized spacial score (nSPS) is 16.9. The van der Waals surface area contributed by atoms with Crippen molar-refractivity contribution >= 4 is 46.6 Å². The van der Waals surface area contributed by atoms with E-state index in [9.17, 15) is 19.7 Å². The lowest BCUT2D eigenvalue weighted by Crippen LogP contribution is -2.45. The topological polar surface area (TPSA) is 102 Å². The summed E-state index contributed by atoms with van der Waals surface area (Å²) in [6, 6.07) is 18.4. The van der Waals surface area contributed by atoms with Gasteiger partial charge in [0.25, 0.3) is 11.6 Å². The van der Waals surface area contributed by atoms with E-state index < -0.39 is 22.2 Å². The number of halogens is 1. The van der Waals surface area contributed by atoms with Crippen molar-refractivity contribution in [3.63, 3.8) is 0 Å². The van der Waals surface area contributed by atoms with E-state index in [4.69, 9.17) is 21.1 Å². The molecule has 0 N–H and O–H groups in total. The molecule has 0 saturated heterocycles. The molecule has 4 rings (SSSR count). The van der Waals surface area contributed by atoms with E-state index >= 15 is 0 Å². The molecule has 0 bridgehead atoms. The van der Waals surface area contributed by atoms with Gasteiger partial charge in [0.2, 0.25) is 0 Å². The molecule has 0 fully saturated rings. The first-order chi connectivity index (χ1) is 18.7. The highest BCUT2D eigenvalue weighted by atomic mass is 35.5. The van der Waals surface area contributed by atoms with Gasteiger partial charge in [-0.15, -0.1) is 11.8 Å². The molecule has 2 atom stereocenters. The molecule has 0 radical (unpaired) electrons. The van der Waals surface area contributed by atoms with Crippen LogP contribution in [0.5, 0.6) is 5.75 Å². The number of hydrogen-bond acceptors (Lipinski definition) is 8. The summed E-state index contributed by atoms with van der Waals surface area (Å²) in [5.41, 5.74) is 1.19. The van der Waals surface area contributed by atoms with Crippen LogP contribution in [0, 0.1) is 10.1 Å². The minimum Gasteiger partial charge on any atom is -0.497 e. The standard InChI is InChI=1S/C28H28ClN3O6S/c1-4-30(2)15-16-31-23-7-5-6-8-24(23)39-26(18-9-12-20(37-3)13-10-18)25(27(31)33)38-28(34)21-14-11-19(32(35)36)17-22(21)29/h5-14,17,25-26H,4,15-16H2,1-3H3/t25-,26+/m1/s1. The zero-order valence-corrected chi connectivity index (χ0v) is 23.3. The van der Waals surface area contributed by atoms with Crippen molar-refractivity contribution in [3.05, 3.63) is 93.0 Å². The number of anilines is 1. The predicted octanol–water partition coefficient (Wildman–Crippen LogP) is 5.61. The number of thioether (sulfide) groups is 1. The van der Waals surface area contributed by atoms with Crippen LogP contribution >= 0.6 is 23.4 Å². The fourth-order valence-corrected chi connectivity index (χ4v) is 5.72. The molecule has 1 aliphatic rings. The minimum atomic E-state index is -1.21. The summed E-state index contributed by atoms with van der Waals surface area (Å²) in [6.45, 7) is 3.85. The molecular weight excluding hydrogens is 542 g/mol. The first kappa shape index (κ1) is 28.4. The van der Waals surface area contributed by atoms with Gasteiger partial charge in [-0.2, -0.15) is 0 Å². The summed E-state index contributed by atoms with van der Waals surface area (Å²) in [7, 11) is 3.54. The third-order valence-corrected chi connectivity index (χ3v) is 8.19. The third-order valence-electron chi connectivity index (χ3n) is 6.50. The first-order valence-electron chi connectivity index (χ1n) is 12.3. The molecule has 11 heteroatoms. The van der Waals surface area contributed by atoms with Crippen molar-refractivity contribution in [1.82, 2.24) is 4.90 Å². The molecule has 1 heterocycles. The lowest BCUT2D eigenvalue weighted by molar-refractivity contribution is -0.384. The van der Waals surface area contributed by atoms with Gasteiger partial charge >= 0.3 is 5.97 Å². The van der Waals surface area contributed by atoms with Crippen LogP contribution in [0.1, 0.15) is 28.1 Å². The summed E-state index contributed by atoms with van der Waals surface area (Å²) in [5, 5.41) is 10.4. The Kier molecular flexibility index (Phi) is 9.11. The zero-order valence-electron chi connectivity index (χ0n) is 21.7. The van der Waals surface area contributed by atoms with Gasteiger partial charge in [-0.05, 0) is 49.5 Å². The fraction of sp³-hybridized carbons (Fsp3) is 0.286. The van der Waals surface area contributed by atoms with Crippen molar-refractivity contribution in [2.45, 2.75) is 23.2 Å². The number of carbonyl (C=O) groups excluding carboxylic acids is 2. The van der Waals surface area contributed by atoms with Crippen LogP contribution in [-0.4, -0.2) is 61.6 Å². The Labute approximate surface area is 235 Å². The van der Waals surface area contributed by atoms with E-state index in [1.165, 1.54) is 23.9 Å². The molecule has 204 valence electrons. The van der Waals surface area contributed by atoms with E-state index in [1.807, 2.05) is 50.4 Å². The minimum absolute atomic E-state index is 0.0624. The summed E-state index contributed by atoms with van der Waals surface area (Å²) < 4.78 is 11.2. The summed E-state index contributed by atoms with van der Waals surface area (Å²) in [4.78, 5) is 42.7. The number of non-ortho nitro benzene ring substituents is 1. The van der Waals surface area contributed by atoms with E-state index in [0.717, 1.165) is 28.8 Å². The number of likely N-dealkylation sites (N-methyl/N-ethyl adjacent to an activating group) is 1. The van der Waals surface area contributed by atoms with Gasteiger partial charge in [-0.1, -0.05) is 42.8 Å². The van der Waals surface area contributed by atoms with E-state index in [0.29, 0.717) is 18.8 Å². The molecule has 1 amide bonds. The fourth-order valence-electron chi connectivity index (χ4n) is 4.15. The summed E-state index contributed by atoms with van der Waals surface area (Å²) in [6.07, 6.45) is -1.21. The molecule has 9 nitrogen and oxygen atoms in total. The average molecular weight is 570 g/mol. The van der Waals surface area contributed by atoms with Gasteiger partial charge in [0.1, 0.15) is 5.75 Å². The number of carbonyl (C=O) groups is 2. The van der Waals surface area contributed by atoms with Crippen molar-refractivity contribution in [3.8, 4) is 5.75 Å². The lowest BCUT2D eigenvalue weighted by atomic mass is 10.0. The lowest BCUT2D eigenvalue weighted by Gasteiger charge is -2.29. The van der Waals surface area contributed by atoms with Gasteiger partial charge in [-0.3, -0.25) is 14.9 Å². The van der Waals surface area contributed by atoms with Crippen LogP contribution in [0.15, 0.2) is 71.6 Å². The van der Waals surface area contributed by atoms with E-state index in [2.05, 4.69) is 4.90 Å². The van der Waals surface area contributed by atoms with Crippen LogP contribution in [0.25, 0.3) is 0 Å². The zero-order chi connectivity index (χ0) is 28.1. The number of hydrogen-bond donors (Lipinski definition) is 0. The number of nitrogens with zero attached hydrogens (tertiary/aromatic N) is 3. The molecule has 0 spiro atoms. The van der Waals surface area contributed by atoms with Gasteiger partial charge < -0.3 is 19.3 Å². The van der Waals surface area contributed by atoms with Crippen LogP contribution in [-0.2, 0) is 9.53 Å². The third kappa shape index (κ3) is 6.35. The van der Waals surface area contributed by atoms with Crippen LogP contribution < -0.4 is 9.64 Å². The van der Waals surface area contributed by atoms with Gasteiger partial charge in [-0.25, -0.2) is 4.79 Å². The quantitative estimate of drug-likeness (QED) is 0.186. The second kappa shape index (κ2) is 12.5. The molecule has 0 aromatic heterocycles. The van der Waals surface area contributed by atoms with Crippen LogP contribution in [0.2, 0.25) is 5.02 Å². The number of amides is 1. The maximum absolute atomic E-state index is 14.2. The first-order valence-corrected chi connectivity index (χ1v) is 13.5. The van der Waals surface area contributed by atoms with E-state index in [1.54, 1.807) is 24.1 Å². The molecule has 3 aromatic carbocycles. The SMILES string of the molecule is CCN(C)CCN1C(=O)[C@H](OC(=O)c2ccc([N+](=O)[O-])cc2Cl)[C@H](c2ccc(OC)cc2)Sc2ccccc21. The van der Waals surface area contributed by atoms with Gasteiger partial charge in [0.05, 0.1) is 33.6 Å². The van der Waals surface area contributed by atoms with Crippen molar-refractivity contribution in [2.24, 2.45) is 0 Å². The number of ether oxygens (including phenoxy) is 2. The maximum Gasteiger partial charge on any atom is 0.340 e. The predicted molar refractivity (Wildman–Crippen MR) is 151 cm³/mol. The summed E-state index contributed by atoms with van der Waals surface area (Å²) >= 11 is 7.65. The number of para-hydroxylation sites is 1. The van der Waals surface area contributed by atoms with Gasteiger partial charge in [0.15, 0.2) is 6.10 Å². The maximum atomic E-state index is 14.2. The molecule has 1 aliphatic heterocycles. The Morgan fingerprint density at radius 1 is 1.15 bits per heavy atom. The number of nitro groups is 1.